The highest BCUT2D eigenvalue weighted by molar-refractivity contribution is 7.10. The molecular formula is C11H14N2OS. The number of fused-ring (bicyclic) bond motifs is 1. The standard InChI is InChI=1S/C11H14N2OS/c14-11-10(9-4-2-6-15-9)12-7-8-3-1-5-13(8)11/h2,4,6,8,10,12H,1,3,5,7H2. The summed E-state index contributed by atoms with van der Waals surface area (Å²) in [7, 11) is 0. The summed E-state index contributed by atoms with van der Waals surface area (Å²) in [6.45, 7) is 1.90. The van der Waals surface area contributed by atoms with Crippen molar-refractivity contribution in [2.24, 2.45) is 0 Å². The van der Waals surface area contributed by atoms with Crippen LogP contribution in [0.2, 0.25) is 0 Å². The average Bonchev–Trinajstić information content (AvgIpc) is 2.87. The number of piperazine rings is 1. The first-order valence-corrected chi connectivity index (χ1v) is 6.31. The van der Waals surface area contributed by atoms with Crippen LogP contribution in [-0.4, -0.2) is 29.9 Å². The number of hydrogen-bond donors (Lipinski definition) is 1. The zero-order chi connectivity index (χ0) is 10.3. The maximum absolute atomic E-state index is 12.2. The van der Waals surface area contributed by atoms with Crippen LogP contribution in [0.4, 0.5) is 0 Å². The first-order chi connectivity index (χ1) is 7.36. The highest BCUT2D eigenvalue weighted by Crippen LogP contribution is 2.29. The van der Waals surface area contributed by atoms with Gasteiger partial charge in [0.05, 0.1) is 0 Å². The van der Waals surface area contributed by atoms with Gasteiger partial charge >= 0.3 is 0 Å². The van der Waals surface area contributed by atoms with E-state index in [9.17, 15) is 4.79 Å². The van der Waals surface area contributed by atoms with Gasteiger partial charge < -0.3 is 4.90 Å². The van der Waals surface area contributed by atoms with Gasteiger partial charge in [-0.1, -0.05) is 6.07 Å². The van der Waals surface area contributed by atoms with Gasteiger partial charge in [-0.25, -0.2) is 0 Å². The van der Waals surface area contributed by atoms with Crippen molar-refractivity contribution >= 4 is 17.2 Å². The zero-order valence-electron chi connectivity index (χ0n) is 8.48. The maximum atomic E-state index is 12.2. The highest BCUT2D eigenvalue weighted by Gasteiger charge is 2.38. The molecule has 0 aromatic carbocycles. The number of rotatable bonds is 1. The average molecular weight is 222 g/mol. The van der Waals surface area contributed by atoms with Gasteiger partial charge in [-0.2, -0.15) is 0 Å². The Balaban J connectivity index is 1.84. The Hall–Kier alpha value is -0.870. The van der Waals surface area contributed by atoms with Crippen LogP contribution in [0, 0.1) is 0 Å². The highest BCUT2D eigenvalue weighted by atomic mass is 32.1. The van der Waals surface area contributed by atoms with Crippen molar-refractivity contribution < 1.29 is 4.79 Å². The van der Waals surface area contributed by atoms with Crippen LogP contribution in [0.15, 0.2) is 17.5 Å². The summed E-state index contributed by atoms with van der Waals surface area (Å²) in [4.78, 5) is 15.4. The fraction of sp³-hybridized carbons (Fsp3) is 0.545. The van der Waals surface area contributed by atoms with Crippen molar-refractivity contribution in [3.63, 3.8) is 0 Å². The molecule has 15 heavy (non-hydrogen) atoms. The Kier molecular flexibility index (Phi) is 2.25. The third kappa shape index (κ3) is 1.48. The van der Waals surface area contributed by atoms with Gasteiger partial charge in [0.15, 0.2) is 0 Å². The molecule has 4 heteroatoms. The van der Waals surface area contributed by atoms with Gasteiger partial charge in [-0.05, 0) is 24.3 Å². The van der Waals surface area contributed by atoms with E-state index in [1.165, 1.54) is 0 Å². The van der Waals surface area contributed by atoms with Gasteiger partial charge in [0.2, 0.25) is 5.91 Å². The Labute approximate surface area is 93.1 Å². The molecule has 0 bridgehead atoms. The third-order valence-corrected chi connectivity index (χ3v) is 4.23. The van der Waals surface area contributed by atoms with Crippen molar-refractivity contribution in [1.29, 1.82) is 0 Å². The lowest BCUT2D eigenvalue weighted by molar-refractivity contribution is -0.136. The number of thiophene rings is 1. The van der Waals surface area contributed by atoms with Gasteiger partial charge in [-0.3, -0.25) is 10.1 Å². The summed E-state index contributed by atoms with van der Waals surface area (Å²) in [6.07, 6.45) is 2.32. The van der Waals surface area contributed by atoms with E-state index in [2.05, 4.69) is 10.2 Å². The molecule has 0 spiro atoms. The van der Waals surface area contributed by atoms with Crippen LogP contribution in [0.1, 0.15) is 23.8 Å². The lowest BCUT2D eigenvalue weighted by Gasteiger charge is -2.35. The normalized spacial score (nSPS) is 30.7. The van der Waals surface area contributed by atoms with E-state index in [0.29, 0.717) is 6.04 Å². The largest absolute Gasteiger partial charge is 0.337 e. The third-order valence-electron chi connectivity index (χ3n) is 3.29. The van der Waals surface area contributed by atoms with Crippen LogP contribution in [0.3, 0.4) is 0 Å². The Morgan fingerprint density at radius 1 is 1.53 bits per heavy atom. The van der Waals surface area contributed by atoms with Crippen LogP contribution in [-0.2, 0) is 4.79 Å². The molecule has 0 radical (unpaired) electrons. The second-order valence-electron chi connectivity index (χ2n) is 4.18. The van der Waals surface area contributed by atoms with E-state index in [-0.39, 0.29) is 11.9 Å². The lowest BCUT2D eigenvalue weighted by Crippen LogP contribution is -2.53. The summed E-state index contributed by atoms with van der Waals surface area (Å²) >= 11 is 1.66. The topological polar surface area (TPSA) is 32.3 Å². The summed E-state index contributed by atoms with van der Waals surface area (Å²) in [6, 6.07) is 4.41. The molecule has 3 nitrogen and oxygen atoms in total. The molecule has 80 valence electrons. The molecule has 2 atom stereocenters. The SMILES string of the molecule is O=C1C(c2cccs2)NCC2CCCN12. The molecule has 2 unspecified atom stereocenters. The number of nitrogens with zero attached hydrogens (tertiary/aromatic N) is 1. The summed E-state index contributed by atoms with van der Waals surface area (Å²) in [5.74, 6) is 0.270. The number of hydrogen-bond acceptors (Lipinski definition) is 3. The molecule has 0 saturated carbocycles. The molecule has 1 N–H and O–H groups in total. The quantitative estimate of drug-likeness (QED) is 0.778. The fourth-order valence-corrected chi connectivity index (χ4v) is 3.31. The van der Waals surface area contributed by atoms with Crippen molar-refractivity contribution in [2.75, 3.05) is 13.1 Å². The smallest absolute Gasteiger partial charge is 0.245 e. The first-order valence-electron chi connectivity index (χ1n) is 5.43. The molecule has 2 fully saturated rings. The molecule has 1 aromatic heterocycles. The predicted molar refractivity (Wildman–Crippen MR) is 59.8 cm³/mol. The monoisotopic (exact) mass is 222 g/mol. The van der Waals surface area contributed by atoms with E-state index in [1.54, 1.807) is 11.3 Å². The minimum Gasteiger partial charge on any atom is -0.337 e. The summed E-state index contributed by atoms with van der Waals surface area (Å²) < 4.78 is 0. The second kappa shape index (κ2) is 3.61. The number of carbonyl (C=O) groups excluding carboxylic acids is 1. The zero-order valence-corrected chi connectivity index (χ0v) is 9.30. The van der Waals surface area contributed by atoms with Crippen LogP contribution in [0.5, 0.6) is 0 Å². The number of amides is 1. The van der Waals surface area contributed by atoms with Crippen LogP contribution < -0.4 is 5.32 Å². The molecule has 3 rings (SSSR count). The van der Waals surface area contributed by atoms with Crippen LogP contribution in [0.25, 0.3) is 0 Å². The molecule has 1 aromatic rings. The lowest BCUT2D eigenvalue weighted by atomic mass is 10.1. The minimum atomic E-state index is -0.0839. The van der Waals surface area contributed by atoms with Crippen molar-refractivity contribution in [3.8, 4) is 0 Å². The fourth-order valence-electron chi connectivity index (χ4n) is 2.52. The predicted octanol–water partition coefficient (Wildman–Crippen LogP) is 1.38. The molecule has 2 saturated heterocycles. The van der Waals surface area contributed by atoms with Crippen molar-refractivity contribution in [3.05, 3.63) is 22.4 Å². The van der Waals surface area contributed by atoms with E-state index in [4.69, 9.17) is 0 Å². The van der Waals surface area contributed by atoms with Gasteiger partial charge in [0.25, 0.3) is 0 Å². The minimum absolute atomic E-state index is 0.0839. The van der Waals surface area contributed by atoms with E-state index >= 15 is 0 Å². The number of carbonyl (C=O) groups is 1. The van der Waals surface area contributed by atoms with Crippen molar-refractivity contribution in [2.45, 2.75) is 24.9 Å². The molecule has 2 aliphatic heterocycles. The Morgan fingerprint density at radius 3 is 3.27 bits per heavy atom. The van der Waals surface area contributed by atoms with Gasteiger partial charge in [-0.15, -0.1) is 11.3 Å². The Morgan fingerprint density at radius 2 is 2.47 bits per heavy atom. The summed E-state index contributed by atoms with van der Waals surface area (Å²) in [5.41, 5.74) is 0. The molecule has 3 heterocycles. The molecule has 0 aliphatic carbocycles. The van der Waals surface area contributed by atoms with Crippen molar-refractivity contribution in [1.82, 2.24) is 10.2 Å². The number of nitrogens with one attached hydrogen (secondary N) is 1. The molecular weight excluding hydrogens is 208 g/mol. The maximum Gasteiger partial charge on any atom is 0.245 e. The van der Waals surface area contributed by atoms with E-state index in [0.717, 1.165) is 30.8 Å². The van der Waals surface area contributed by atoms with E-state index < -0.39 is 0 Å². The van der Waals surface area contributed by atoms with Gasteiger partial charge in [0.1, 0.15) is 6.04 Å². The second-order valence-corrected chi connectivity index (χ2v) is 5.16. The Bertz CT molecular complexity index is 363. The van der Waals surface area contributed by atoms with Gasteiger partial charge in [0, 0.05) is 24.0 Å². The van der Waals surface area contributed by atoms with E-state index in [1.807, 2.05) is 17.5 Å². The first kappa shape index (κ1) is 9.36. The molecule has 1 amide bonds. The van der Waals surface area contributed by atoms with Crippen LogP contribution >= 0.6 is 11.3 Å². The molecule has 2 aliphatic rings. The summed E-state index contributed by atoms with van der Waals surface area (Å²) in [5, 5.41) is 5.39.